The number of carbonyl (C=O) groups is 1. The van der Waals surface area contributed by atoms with E-state index in [2.05, 4.69) is 35.9 Å². The number of furan rings is 1. The van der Waals surface area contributed by atoms with Gasteiger partial charge in [0.15, 0.2) is 28.8 Å². The van der Waals surface area contributed by atoms with Gasteiger partial charge in [-0.15, -0.1) is 15.3 Å². The number of carbonyl (C=O) groups excluding carboxylic acids is 1. The van der Waals surface area contributed by atoms with E-state index in [0.717, 1.165) is 5.69 Å². The van der Waals surface area contributed by atoms with Crippen molar-refractivity contribution >= 4 is 40.5 Å². The summed E-state index contributed by atoms with van der Waals surface area (Å²) in [5, 5.41) is 19.2. The highest BCUT2D eigenvalue weighted by Gasteiger charge is 2.17. The van der Waals surface area contributed by atoms with Gasteiger partial charge in [-0.25, -0.2) is 9.97 Å². The Morgan fingerprint density at radius 2 is 2.09 bits per heavy atom. The van der Waals surface area contributed by atoms with Gasteiger partial charge in [-0.3, -0.25) is 4.79 Å². The highest BCUT2D eigenvalue weighted by Crippen LogP contribution is 2.20. The molecule has 4 aromatic heterocycles. The van der Waals surface area contributed by atoms with Crippen LogP contribution in [0.2, 0.25) is 5.02 Å². The number of nitrogens with zero attached hydrogens (tertiary/aromatic N) is 6. The van der Waals surface area contributed by atoms with Crippen LogP contribution in [0, 0.1) is 0 Å². The van der Waals surface area contributed by atoms with Gasteiger partial charge in [-0.05, 0) is 36.4 Å². The van der Waals surface area contributed by atoms with Crippen LogP contribution in [-0.2, 0) is 6.54 Å². The number of nitrogen functional groups attached to an aromatic ring is 1. The number of rotatable bonds is 6. The molecule has 1 aromatic carbocycles. The summed E-state index contributed by atoms with van der Waals surface area (Å²) in [6.45, 7) is 0.0463. The van der Waals surface area contributed by atoms with Crippen LogP contribution in [-0.4, -0.2) is 35.7 Å². The largest absolute Gasteiger partial charge is 0.472 e. The fourth-order valence-corrected chi connectivity index (χ4v) is 3.27. The van der Waals surface area contributed by atoms with Gasteiger partial charge in [0, 0.05) is 16.3 Å². The zero-order valence-corrected chi connectivity index (χ0v) is 17.7. The number of halogens is 1. The minimum Gasteiger partial charge on any atom is -0.472 e. The molecule has 0 fully saturated rings. The van der Waals surface area contributed by atoms with E-state index in [1.807, 2.05) is 12.1 Å². The minimum absolute atomic E-state index is 0.00112. The summed E-state index contributed by atoms with van der Waals surface area (Å²) >= 11 is 6.04. The lowest BCUT2D eigenvalue weighted by Gasteiger charge is -2.08. The Morgan fingerprint density at radius 1 is 1.18 bits per heavy atom. The minimum atomic E-state index is -0.504. The topological polar surface area (TPSA) is 149 Å². The summed E-state index contributed by atoms with van der Waals surface area (Å²) in [5.74, 6) is 0.484. The van der Waals surface area contributed by atoms with Crippen LogP contribution in [0.25, 0.3) is 16.9 Å². The van der Waals surface area contributed by atoms with Crippen LogP contribution >= 0.6 is 11.6 Å². The molecule has 0 aliphatic heterocycles. The van der Waals surface area contributed by atoms with Crippen molar-refractivity contribution in [1.29, 1.82) is 0 Å². The molecule has 0 bridgehead atoms. The number of nitrogens with two attached hydrogens (primary N) is 1. The van der Waals surface area contributed by atoms with Crippen molar-refractivity contribution in [2.75, 3.05) is 11.1 Å². The second-order valence-electron chi connectivity index (χ2n) is 6.92. The van der Waals surface area contributed by atoms with E-state index in [-0.39, 0.29) is 18.1 Å². The maximum Gasteiger partial charge on any atom is 0.274 e. The maximum atomic E-state index is 12.7. The fraction of sp³-hybridized carbons (Fsp3) is 0.0476. The smallest absolute Gasteiger partial charge is 0.274 e. The van der Waals surface area contributed by atoms with Crippen LogP contribution in [0.5, 0.6) is 0 Å². The molecular weight excluding hydrogens is 446 g/mol. The van der Waals surface area contributed by atoms with E-state index in [1.165, 1.54) is 23.2 Å². The first-order chi connectivity index (χ1) is 16.1. The monoisotopic (exact) mass is 461 g/mol. The van der Waals surface area contributed by atoms with Crippen molar-refractivity contribution in [3.05, 3.63) is 77.7 Å². The third-order valence-electron chi connectivity index (χ3n) is 4.66. The zero-order chi connectivity index (χ0) is 22.8. The van der Waals surface area contributed by atoms with E-state index in [9.17, 15) is 4.79 Å². The van der Waals surface area contributed by atoms with Crippen LogP contribution in [0.15, 0.2) is 65.6 Å². The predicted molar refractivity (Wildman–Crippen MR) is 121 cm³/mol. The summed E-state index contributed by atoms with van der Waals surface area (Å²) in [6, 6.07) is 12.5. The third kappa shape index (κ3) is 4.29. The SMILES string of the molecule is Nc1ncc(-c2ccoc2)nc1C(=O)NCc1nnc2ccc(Nc3cccc(Cl)c3)nn12. The van der Waals surface area contributed by atoms with Crippen LogP contribution < -0.4 is 16.4 Å². The van der Waals surface area contributed by atoms with E-state index < -0.39 is 5.91 Å². The zero-order valence-electron chi connectivity index (χ0n) is 16.9. The van der Waals surface area contributed by atoms with Crippen molar-refractivity contribution in [2.45, 2.75) is 6.54 Å². The molecule has 11 nitrogen and oxygen atoms in total. The summed E-state index contributed by atoms with van der Waals surface area (Å²) in [7, 11) is 0. The highest BCUT2D eigenvalue weighted by atomic mass is 35.5. The maximum absolute atomic E-state index is 12.7. The third-order valence-corrected chi connectivity index (χ3v) is 4.90. The van der Waals surface area contributed by atoms with Gasteiger partial charge in [-0.2, -0.15) is 4.52 Å². The quantitative estimate of drug-likeness (QED) is 0.346. The number of benzene rings is 1. The second kappa shape index (κ2) is 8.55. The number of hydrogen-bond donors (Lipinski definition) is 3. The normalized spacial score (nSPS) is 10.9. The highest BCUT2D eigenvalue weighted by molar-refractivity contribution is 6.30. The molecule has 5 aromatic rings. The molecule has 12 heteroatoms. The molecule has 0 spiro atoms. The van der Waals surface area contributed by atoms with Crippen molar-refractivity contribution in [2.24, 2.45) is 0 Å². The molecule has 0 unspecified atom stereocenters. The van der Waals surface area contributed by atoms with Crippen molar-refractivity contribution in [3.8, 4) is 11.3 Å². The molecular formula is C21H16ClN9O2. The van der Waals surface area contributed by atoms with Gasteiger partial charge >= 0.3 is 0 Å². The van der Waals surface area contributed by atoms with Crippen LogP contribution in [0.4, 0.5) is 17.3 Å². The summed E-state index contributed by atoms with van der Waals surface area (Å²) in [6.07, 6.45) is 4.48. The summed E-state index contributed by atoms with van der Waals surface area (Å²) in [5.41, 5.74) is 8.32. The number of aromatic nitrogens is 6. The number of nitrogens with one attached hydrogen (secondary N) is 2. The molecule has 164 valence electrons. The molecule has 0 radical (unpaired) electrons. The van der Waals surface area contributed by atoms with E-state index in [0.29, 0.717) is 33.6 Å². The van der Waals surface area contributed by atoms with Crippen LogP contribution in [0.3, 0.4) is 0 Å². The van der Waals surface area contributed by atoms with E-state index in [1.54, 1.807) is 30.3 Å². The average molecular weight is 462 g/mol. The van der Waals surface area contributed by atoms with Gasteiger partial charge in [0.05, 0.1) is 31.0 Å². The Morgan fingerprint density at radius 3 is 2.91 bits per heavy atom. The molecule has 0 saturated carbocycles. The molecule has 4 N–H and O–H groups in total. The van der Waals surface area contributed by atoms with E-state index in [4.69, 9.17) is 21.8 Å². The first kappa shape index (κ1) is 20.4. The van der Waals surface area contributed by atoms with E-state index >= 15 is 0 Å². The lowest BCUT2D eigenvalue weighted by molar-refractivity contribution is 0.0945. The number of amides is 1. The fourth-order valence-electron chi connectivity index (χ4n) is 3.08. The van der Waals surface area contributed by atoms with Crippen LogP contribution in [0.1, 0.15) is 16.3 Å². The summed E-state index contributed by atoms with van der Waals surface area (Å²) in [4.78, 5) is 21.1. The standard InChI is InChI=1S/C21H16ClN9O2/c22-13-2-1-3-14(8-13)26-16-4-5-17-28-29-18(31(17)30-16)10-25-21(32)19-20(23)24-9-15(27-19)12-6-7-33-11-12/h1-9,11H,10H2,(H2,23,24)(H,25,32)(H,26,30). The average Bonchev–Trinajstić information content (AvgIpc) is 3.48. The Hall–Kier alpha value is -4.51. The molecule has 4 heterocycles. The Labute approximate surface area is 191 Å². The number of anilines is 3. The molecule has 0 aliphatic carbocycles. The molecule has 5 rings (SSSR count). The van der Waals surface area contributed by atoms with Crippen molar-refractivity contribution in [3.63, 3.8) is 0 Å². The lowest BCUT2D eigenvalue weighted by atomic mass is 10.2. The number of fused-ring (bicyclic) bond motifs is 1. The lowest BCUT2D eigenvalue weighted by Crippen LogP contribution is -2.26. The molecule has 1 amide bonds. The first-order valence-corrected chi connectivity index (χ1v) is 10.1. The van der Waals surface area contributed by atoms with Crippen molar-refractivity contribution < 1.29 is 9.21 Å². The first-order valence-electron chi connectivity index (χ1n) is 9.74. The van der Waals surface area contributed by atoms with Gasteiger partial charge in [0.1, 0.15) is 0 Å². The van der Waals surface area contributed by atoms with Gasteiger partial charge < -0.3 is 20.8 Å². The van der Waals surface area contributed by atoms with Crippen molar-refractivity contribution in [1.82, 2.24) is 35.1 Å². The Balaban J connectivity index is 1.34. The number of hydrogen-bond acceptors (Lipinski definition) is 9. The molecule has 33 heavy (non-hydrogen) atoms. The second-order valence-corrected chi connectivity index (χ2v) is 7.36. The molecule has 0 saturated heterocycles. The van der Waals surface area contributed by atoms with Gasteiger partial charge in [0.2, 0.25) is 0 Å². The Kier molecular flexibility index (Phi) is 5.29. The van der Waals surface area contributed by atoms with Gasteiger partial charge in [-0.1, -0.05) is 17.7 Å². The molecule has 0 atom stereocenters. The Bertz CT molecular complexity index is 1450. The predicted octanol–water partition coefficient (Wildman–Crippen LogP) is 3.08. The molecule has 0 aliphatic rings. The summed E-state index contributed by atoms with van der Waals surface area (Å²) < 4.78 is 6.59. The van der Waals surface area contributed by atoms with Gasteiger partial charge in [0.25, 0.3) is 5.91 Å².